The molecule has 0 saturated carbocycles. The minimum Gasteiger partial charge on any atom is -0.493 e. The molecule has 0 bridgehead atoms. The van der Waals surface area contributed by atoms with Crippen LogP contribution < -0.4 is 9.47 Å². The second-order valence-electron chi connectivity index (χ2n) is 15.6. The molecule has 0 fully saturated rings. The van der Waals surface area contributed by atoms with Gasteiger partial charge in [0.15, 0.2) is 0 Å². The molecule has 0 aliphatic carbocycles. The zero-order valence-electron chi connectivity index (χ0n) is 33.9. The van der Waals surface area contributed by atoms with E-state index in [0.29, 0.717) is 12.4 Å². The lowest BCUT2D eigenvalue weighted by Gasteiger charge is -2.33. The minimum absolute atomic E-state index is 0.319. The van der Waals surface area contributed by atoms with E-state index in [1.165, 1.54) is 81.3 Å². The maximum atomic E-state index is 12.4. The summed E-state index contributed by atoms with van der Waals surface area (Å²) >= 11 is 11.5. The number of ether oxygens (including phenoxy) is 2. The number of carbonyl (C=O) groups excluding carboxylic acids is 1. The van der Waals surface area contributed by atoms with E-state index in [1.54, 1.807) is 0 Å². The predicted octanol–water partition coefficient (Wildman–Crippen LogP) is 16.8. The fraction of sp³-hybridized carbons (Fsp3) is 0.0926. The third-order valence-corrected chi connectivity index (χ3v) is 19.7. The van der Waals surface area contributed by atoms with Crippen molar-refractivity contribution in [3.63, 3.8) is 0 Å². The zero-order chi connectivity index (χ0) is 42.3. The van der Waals surface area contributed by atoms with Crippen molar-refractivity contribution in [2.45, 2.75) is 14.7 Å². The van der Waals surface area contributed by atoms with E-state index in [0.717, 1.165) is 33.8 Å². The molecule has 11 rings (SSSR count). The van der Waals surface area contributed by atoms with Gasteiger partial charge < -0.3 is 9.47 Å². The molecule has 0 radical (unpaired) electrons. The van der Waals surface area contributed by atoms with Crippen molar-refractivity contribution in [3.8, 4) is 11.5 Å². The summed E-state index contributed by atoms with van der Waals surface area (Å²) in [6.45, 7) is 4.09. The summed E-state index contributed by atoms with van der Waals surface area (Å²) in [6, 6.07) is 58.4. The predicted molar refractivity (Wildman–Crippen MR) is 278 cm³/mol. The minimum atomic E-state index is -0.491. The first kappa shape index (κ1) is 40.5. The summed E-state index contributed by atoms with van der Waals surface area (Å²) in [4.78, 5) is 16.2. The van der Waals surface area contributed by atoms with Gasteiger partial charge in [0.05, 0.1) is 6.61 Å². The number of carbonyl (C=O) groups is 1. The highest BCUT2D eigenvalue weighted by atomic mass is 32.2. The van der Waals surface area contributed by atoms with Crippen molar-refractivity contribution in [2.75, 3.05) is 23.9 Å². The van der Waals surface area contributed by atoms with E-state index in [9.17, 15) is 4.79 Å². The van der Waals surface area contributed by atoms with Crippen molar-refractivity contribution < 1.29 is 14.3 Å². The van der Waals surface area contributed by atoms with Gasteiger partial charge in [-0.25, -0.2) is 4.79 Å². The molecule has 9 heteroatoms. The lowest BCUT2D eigenvalue weighted by atomic mass is 9.97. The van der Waals surface area contributed by atoms with Crippen molar-refractivity contribution in [3.05, 3.63) is 176 Å². The summed E-state index contributed by atoms with van der Waals surface area (Å²) in [5.41, 5.74) is -0.319. The zero-order valence-corrected chi connectivity index (χ0v) is 38.8. The molecule has 0 aliphatic rings. The van der Waals surface area contributed by atoms with Crippen molar-refractivity contribution in [2.24, 2.45) is 5.41 Å². The summed E-state index contributed by atoms with van der Waals surface area (Å²) in [5, 5.41) is 9.63. The number of esters is 1. The standard InChI is InChI=1S/C54H38O3S6/c1-2-50(55)57-43-20-9-13-34-27-28-35(29-42(34)43)56-30-54(31-58-47-24-10-17-39-36-14-3-6-21-44(36)61-51(39)47,32-59-48-25-11-18-40-37-15-4-7-22-45(37)62-52(40)48)33-60-49-26-12-19-41-38-16-5-8-23-46(38)63-53(41)49/h2-29H,1,30-33H2. The van der Waals surface area contributed by atoms with Crippen LogP contribution in [0.1, 0.15) is 0 Å². The van der Waals surface area contributed by atoms with Gasteiger partial charge in [-0.05, 0) is 60.0 Å². The van der Waals surface area contributed by atoms with Crippen LogP contribution in [-0.2, 0) is 4.79 Å². The van der Waals surface area contributed by atoms with E-state index in [2.05, 4.69) is 134 Å². The Bertz CT molecular complexity index is 3240. The number of fused-ring (bicyclic) bond motifs is 10. The first-order valence-corrected chi connectivity index (χ1v) is 26.0. The Hall–Kier alpha value is -5.26. The van der Waals surface area contributed by atoms with Gasteiger partial charge in [0, 0.05) is 109 Å². The largest absolute Gasteiger partial charge is 0.493 e. The van der Waals surface area contributed by atoms with Crippen LogP contribution in [0.3, 0.4) is 0 Å². The summed E-state index contributed by atoms with van der Waals surface area (Å²) in [5.74, 6) is 3.23. The third-order valence-electron chi connectivity index (χ3n) is 11.4. The molecule has 0 amide bonds. The topological polar surface area (TPSA) is 35.5 Å². The van der Waals surface area contributed by atoms with E-state index in [4.69, 9.17) is 9.47 Å². The van der Waals surface area contributed by atoms with E-state index >= 15 is 0 Å². The molecule has 0 unspecified atom stereocenters. The summed E-state index contributed by atoms with van der Waals surface area (Å²) < 4.78 is 20.7. The molecule has 11 aromatic rings. The smallest absolute Gasteiger partial charge is 0.335 e. The monoisotopic (exact) mass is 926 g/mol. The number of thioether (sulfide) groups is 3. The Morgan fingerprint density at radius 1 is 0.508 bits per heavy atom. The van der Waals surface area contributed by atoms with Gasteiger partial charge in [-0.3, -0.25) is 0 Å². The first-order chi connectivity index (χ1) is 31.0. The van der Waals surface area contributed by atoms with Crippen LogP contribution in [0.25, 0.3) is 71.3 Å². The lowest BCUT2D eigenvalue weighted by Crippen LogP contribution is -2.37. The van der Waals surface area contributed by atoms with Crippen molar-refractivity contribution in [1.82, 2.24) is 0 Å². The Kier molecular flexibility index (Phi) is 11.2. The molecule has 0 aliphatic heterocycles. The molecule has 0 spiro atoms. The highest BCUT2D eigenvalue weighted by molar-refractivity contribution is 8.01. The molecule has 0 N–H and O–H groups in total. The van der Waals surface area contributed by atoms with Gasteiger partial charge in [0.2, 0.25) is 0 Å². The normalized spacial score (nSPS) is 12.1. The van der Waals surface area contributed by atoms with Crippen LogP contribution in [0.4, 0.5) is 0 Å². The Morgan fingerprint density at radius 2 is 0.952 bits per heavy atom. The quantitative estimate of drug-likeness (QED) is 0.0468. The Labute approximate surface area is 389 Å². The van der Waals surface area contributed by atoms with Crippen LogP contribution in [0.2, 0.25) is 0 Å². The van der Waals surface area contributed by atoms with Crippen LogP contribution >= 0.6 is 69.3 Å². The second-order valence-corrected chi connectivity index (χ2v) is 21.8. The second kappa shape index (κ2) is 17.4. The maximum absolute atomic E-state index is 12.4. The van der Waals surface area contributed by atoms with Crippen molar-refractivity contribution >= 4 is 147 Å². The SMILES string of the molecule is C=CC(=O)Oc1cccc2ccc(OCC(CSc3cccc4c3sc3ccccc34)(CSc3cccc4c3sc3ccccc34)CSc3cccc4c3sc3ccccc34)cc12. The average molecular weight is 927 g/mol. The molecule has 3 aromatic heterocycles. The van der Waals surface area contributed by atoms with Crippen LogP contribution in [0, 0.1) is 5.41 Å². The summed E-state index contributed by atoms with van der Waals surface area (Å²) in [6.07, 6.45) is 1.19. The molecule has 8 aromatic carbocycles. The molecule has 63 heavy (non-hydrogen) atoms. The molecular formula is C54H38O3S6. The highest BCUT2D eigenvalue weighted by Gasteiger charge is 2.34. The van der Waals surface area contributed by atoms with Crippen molar-refractivity contribution in [1.29, 1.82) is 0 Å². The fourth-order valence-corrected chi connectivity index (χ4v) is 16.4. The van der Waals surface area contributed by atoms with Gasteiger partial charge in [-0.2, -0.15) is 0 Å². The molecule has 3 nitrogen and oxygen atoms in total. The molecule has 3 heterocycles. The number of hydrogen-bond acceptors (Lipinski definition) is 9. The van der Waals surface area contributed by atoms with Gasteiger partial charge in [0.1, 0.15) is 11.5 Å². The third kappa shape index (κ3) is 7.90. The van der Waals surface area contributed by atoms with E-state index < -0.39 is 5.97 Å². The molecule has 0 atom stereocenters. The Morgan fingerprint density at radius 3 is 1.43 bits per heavy atom. The Balaban J connectivity index is 1.01. The highest BCUT2D eigenvalue weighted by Crippen LogP contribution is 2.47. The van der Waals surface area contributed by atoms with Crippen LogP contribution in [0.15, 0.2) is 191 Å². The van der Waals surface area contributed by atoms with E-state index in [1.807, 2.05) is 106 Å². The molecule has 308 valence electrons. The number of hydrogen-bond donors (Lipinski definition) is 0. The van der Waals surface area contributed by atoms with Gasteiger partial charge in [-0.15, -0.1) is 69.3 Å². The maximum Gasteiger partial charge on any atom is 0.335 e. The molecular weight excluding hydrogens is 889 g/mol. The van der Waals surface area contributed by atoms with Gasteiger partial charge in [0.25, 0.3) is 0 Å². The van der Waals surface area contributed by atoms with E-state index in [-0.39, 0.29) is 5.41 Å². The average Bonchev–Trinajstić information content (AvgIpc) is 4.03. The fourth-order valence-electron chi connectivity index (χ4n) is 8.24. The number of thiophene rings is 3. The lowest BCUT2D eigenvalue weighted by molar-refractivity contribution is -0.128. The van der Waals surface area contributed by atoms with Crippen LogP contribution in [-0.4, -0.2) is 29.8 Å². The summed E-state index contributed by atoms with van der Waals surface area (Å²) in [7, 11) is 0. The number of rotatable bonds is 14. The van der Waals surface area contributed by atoms with Gasteiger partial charge in [-0.1, -0.05) is 116 Å². The van der Waals surface area contributed by atoms with Crippen LogP contribution in [0.5, 0.6) is 11.5 Å². The first-order valence-electron chi connectivity index (χ1n) is 20.6. The molecule has 0 saturated heterocycles. The number of benzene rings is 8. The van der Waals surface area contributed by atoms with Gasteiger partial charge >= 0.3 is 5.97 Å².